The quantitative estimate of drug-likeness (QED) is 0.375. The van der Waals surface area contributed by atoms with Crippen molar-refractivity contribution in [1.82, 2.24) is 0 Å². The van der Waals surface area contributed by atoms with E-state index in [0.29, 0.717) is 16.3 Å². The molecule has 4 nitrogen and oxygen atoms in total. The smallest absolute Gasteiger partial charge is 0.338 e. The molecule has 0 fully saturated rings. The van der Waals surface area contributed by atoms with Crippen molar-refractivity contribution in [2.75, 3.05) is 0 Å². The number of aromatic hydroxyl groups is 1. The van der Waals surface area contributed by atoms with Crippen LogP contribution in [0.5, 0.6) is 11.5 Å². The van der Waals surface area contributed by atoms with E-state index in [2.05, 4.69) is 19.2 Å². The van der Waals surface area contributed by atoms with Crippen molar-refractivity contribution in [1.29, 1.82) is 0 Å². The number of ether oxygens (including phenoxy) is 1. The minimum atomic E-state index is -0.465. The van der Waals surface area contributed by atoms with Gasteiger partial charge in [0.1, 0.15) is 11.5 Å². The van der Waals surface area contributed by atoms with Crippen molar-refractivity contribution in [3.63, 3.8) is 0 Å². The van der Waals surface area contributed by atoms with Crippen LogP contribution in [0.1, 0.15) is 17.3 Å². The Hall–Kier alpha value is -2.24. The average Bonchev–Trinajstić information content (AvgIpc) is 2.50. The summed E-state index contributed by atoms with van der Waals surface area (Å²) in [6, 6.07) is 13.1. The fourth-order valence-corrected chi connectivity index (χ4v) is 1.73. The highest BCUT2D eigenvalue weighted by Gasteiger charge is 2.07. The van der Waals surface area contributed by atoms with Gasteiger partial charge in [0.2, 0.25) is 5.12 Å². The molecule has 2 aromatic carbocycles. The minimum Gasteiger partial charge on any atom is -0.507 e. The molecule has 23 heavy (non-hydrogen) atoms. The summed E-state index contributed by atoms with van der Waals surface area (Å²) in [6.45, 7) is 5.05. The molecule has 0 unspecified atom stereocenters. The summed E-state index contributed by atoms with van der Waals surface area (Å²) in [4.78, 5) is 21.7. The van der Waals surface area contributed by atoms with E-state index in [9.17, 15) is 9.59 Å². The van der Waals surface area contributed by atoms with Crippen molar-refractivity contribution < 1.29 is 19.4 Å². The number of esters is 1. The van der Waals surface area contributed by atoms with Crippen LogP contribution in [0.3, 0.4) is 0 Å². The van der Waals surface area contributed by atoms with E-state index in [1.807, 2.05) is 0 Å². The van der Waals surface area contributed by atoms with E-state index in [4.69, 9.17) is 21.4 Å². The van der Waals surface area contributed by atoms with Crippen molar-refractivity contribution >= 4 is 35.3 Å². The summed E-state index contributed by atoms with van der Waals surface area (Å²) >= 11 is 9.32. The van der Waals surface area contributed by atoms with Gasteiger partial charge >= 0.3 is 5.97 Å². The SMILES string of the molecule is C=C(C)C(=O)Oc1ccccc1Cl.O=C(S)c1ccccc1O. The highest BCUT2D eigenvalue weighted by Crippen LogP contribution is 2.23. The predicted molar refractivity (Wildman–Crippen MR) is 93.3 cm³/mol. The Balaban J connectivity index is 0.000000238. The first-order valence-electron chi connectivity index (χ1n) is 6.46. The summed E-state index contributed by atoms with van der Waals surface area (Å²) in [5.74, 6) is -0.132. The number of hydrogen-bond acceptors (Lipinski definition) is 4. The zero-order valence-electron chi connectivity index (χ0n) is 12.3. The summed E-state index contributed by atoms with van der Waals surface area (Å²) in [5, 5.41) is 9.01. The number of para-hydroxylation sites is 2. The number of carbonyl (C=O) groups is 2. The molecule has 6 heteroatoms. The van der Waals surface area contributed by atoms with E-state index < -0.39 is 11.1 Å². The molecule has 0 heterocycles. The molecule has 1 N–H and O–H groups in total. The van der Waals surface area contributed by atoms with Gasteiger partial charge in [-0.15, -0.1) is 12.6 Å². The molecule has 0 aromatic heterocycles. The Morgan fingerprint density at radius 2 is 1.70 bits per heavy atom. The van der Waals surface area contributed by atoms with Gasteiger partial charge in [0.25, 0.3) is 0 Å². The van der Waals surface area contributed by atoms with Crippen molar-refractivity contribution in [3.8, 4) is 11.5 Å². The second-order valence-electron chi connectivity index (χ2n) is 4.42. The monoisotopic (exact) mass is 350 g/mol. The number of carbonyl (C=O) groups excluding carboxylic acids is 2. The van der Waals surface area contributed by atoms with Crippen LogP contribution in [-0.2, 0) is 4.79 Å². The highest BCUT2D eigenvalue weighted by atomic mass is 35.5. The molecule has 0 saturated carbocycles. The van der Waals surface area contributed by atoms with Crippen LogP contribution < -0.4 is 4.74 Å². The number of halogens is 1. The Kier molecular flexibility index (Phi) is 7.38. The van der Waals surface area contributed by atoms with Crippen molar-refractivity contribution in [2.45, 2.75) is 6.92 Å². The van der Waals surface area contributed by atoms with Crippen LogP contribution in [0.25, 0.3) is 0 Å². The molecule has 120 valence electrons. The van der Waals surface area contributed by atoms with Crippen LogP contribution in [0.2, 0.25) is 5.02 Å². The lowest BCUT2D eigenvalue weighted by atomic mass is 10.2. The van der Waals surface area contributed by atoms with Gasteiger partial charge in [-0.2, -0.15) is 0 Å². The minimum absolute atomic E-state index is 0.0255. The fourth-order valence-electron chi connectivity index (χ4n) is 1.37. The number of thiol groups is 1. The Morgan fingerprint density at radius 1 is 1.13 bits per heavy atom. The normalized spacial score (nSPS) is 9.35. The number of benzene rings is 2. The van der Waals surface area contributed by atoms with E-state index in [1.54, 1.807) is 43.3 Å². The van der Waals surface area contributed by atoms with Crippen LogP contribution in [0.4, 0.5) is 0 Å². The zero-order chi connectivity index (χ0) is 17.4. The maximum absolute atomic E-state index is 11.1. The average molecular weight is 351 g/mol. The Labute approximate surface area is 144 Å². The molecular formula is C17H15ClO4S. The topological polar surface area (TPSA) is 63.6 Å². The molecule has 0 amide bonds. The van der Waals surface area contributed by atoms with Gasteiger partial charge in [-0.05, 0) is 31.2 Å². The molecule has 0 radical (unpaired) electrons. The van der Waals surface area contributed by atoms with Gasteiger partial charge < -0.3 is 9.84 Å². The Morgan fingerprint density at radius 3 is 2.17 bits per heavy atom. The lowest BCUT2D eigenvalue weighted by molar-refractivity contribution is -0.130. The third-order valence-corrected chi connectivity index (χ3v) is 3.08. The molecule has 0 atom stereocenters. The summed E-state index contributed by atoms with van der Waals surface area (Å²) < 4.78 is 4.94. The molecular weight excluding hydrogens is 336 g/mol. The van der Waals surface area contributed by atoms with Crippen LogP contribution in [0, 0.1) is 0 Å². The lowest BCUT2D eigenvalue weighted by Crippen LogP contribution is -2.08. The lowest BCUT2D eigenvalue weighted by Gasteiger charge is -2.04. The largest absolute Gasteiger partial charge is 0.507 e. The Bertz CT molecular complexity index is 728. The first-order valence-corrected chi connectivity index (χ1v) is 7.29. The molecule has 0 saturated heterocycles. The number of hydrogen-bond donors (Lipinski definition) is 2. The maximum atomic E-state index is 11.1. The fraction of sp³-hybridized carbons (Fsp3) is 0.0588. The van der Waals surface area contributed by atoms with Crippen LogP contribution in [-0.4, -0.2) is 16.2 Å². The van der Waals surface area contributed by atoms with Crippen LogP contribution in [0.15, 0.2) is 60.7 Å². The van der Waals surface area contributed by atoms with E-state index in [-0.39, 0.29) is 11.3 Å². The van der Waals surface area contributed by atoms with Crippen LogP contribution >= 0.6 is 24.2 Å². The van der Waals surface area contributed by atoms with Crippen molar-refractivity contribution in [2.24, 2.45) is 0 Å². The second-order valence-corrected chi connectivity index (χ2v) is 5.24. The number of rotatable bonds is 3. The molecule has 0 aliphatic heterocycles. The summed E-state index contributed by atoms with van der Waals surface area (Å²) in [5.41, 5.74) is 0.589. The molecule has 0 spiro atoms. The van der Waals surface area contributed by atoms with Gasteiger partial charge in [0.15, 0.2) is 0 Å². The third-order valence-electron chi connectivity index (χ3n) is 2.52. The molecule has 2 rings (SSSR count). The first-order chi connectivity index (χ1) is 10.8. The summed E-state index contributed by atoms with van der Waals surface area (Å²) in [6.07, 6.45) is 0. The predicted octanol–water partition coefficient (Wildman–Crippen LogP) is 4.28. The number of phenols is 1. The highest BCUT2D eigenvalue weighted by molar-refractivity contribution is 7.97. The molecule has 0 aliphatic rings. The maximum Gasteiger partial charge on any atom is 0.338 e. The van der Waals surface area contributed by atoms with E-state index in [1.165, 1.54) is 12.1 Å². The number of phenolic OH excluding ortho intramolecular Hbond substituents is 1. The first kappa shape index (κ1) is 18.8. The standard InChI is InChI=1S/C10H9ClO2.C7H6O2S/c1-7(2)10(12)13-9-6-4-3-5-8(9)11;8-6-4-2-1-3-5(6)7(9)10/h3-6H,1H2,2H3;1-4,8H,(H,9,10). The van der Waals surface area contributed by atoms with Gasteiger partial charge in [0, 0.05) is 5.57 Å². The van der Waals surface area contributed by atoms with Gasteiger partial charge in [-0.25, -0.2) is 4.79 Å². The second kappa shape index (κ2) is 9.02. The van der Waals surface area contributed by atoms with E-state index in [0.717, 1.165) is 0 Å². The molecule has 2 aromatic rings. The van der Waals surface area contributed by atoms with E-state index >= 15 is 0 Å². The van der Waals surface area contributed by atoms with Crippen molar-refractivity contribution in [3.05, 3.63) is 71.3 Å². The molecule has 0 bridgehead atoms. The van der Waals surface area contributed by atoms with Gasteiger partial charge in [-0.1, -0.05) is 42.4 Å². The third kappa shape index (κ3) is 6.18. The van der Waals surface area contributed by atoms with Gasteiger partial charge in [-0.3, -0.25) is 4.79 Å². The van der Waals surface area contributed by atoms with Gasteiger partial charge in [0.05, 0.1) is 10.6 Å². The summed E-state index contributed by atoms with van der Waals surface area (Å²) in [7, 11) is 0. The molecule has 0 aliphatic carbocycles. The zero-order valence-corrected chi connectivity index (χ0v) is 14.0.